The summed E-state index contributed by atoms with van der Waals surface area (Å²) in [5, 5.41) is 0. The highest BCUT2D eigenvalue weighted by atomic mass is 16.5. The molecule has 0 unspecified atom stereocenters. The van der Waals surface area contributed by atoms with E-state index in [0.29, 0.717) is 18.8 Å². The van der Waals surface area contributed by atoms with Gasteiger partial charge >= 0.3 is 0 Å². The highest BCUT2D eigenvalue weighted by Gasteiger charge is 2.14. The minimum absolute atomic E-state index is 0.00734. The zero-order valence-corrected chi connectivity index (χ0v) is 12.3. The average Bonchev–Trinajstić information content (AvgIpc) is 2.50. The molecule has 0 aromatic carbocycles. The van der Waals surface area contributed by atoms with Gasteiger partial charge in [-0.3, -0.25) is 14.7 Å². The molecule has 0 N–H and O–H groups in total. The average molecular weight is 277 g/mol. The summed E-state index contributed by atoms with van der Waals surface area (Å²) in [7, 11) is 0. The van der Waals surface area contributed by atoms with Gasteiger partial charge in [0.2, 0.25) is 0 Å². The molecule has 2 heterocycles. The Bertz CT molecular complexity index is 423. The number of morpholine rings is 1. The van der Waals surface area contributed by atoms with Gasteiger partial charge in [0, 0.05) is 38.9 Å². The minimum atomic E-state index is 0.00734. The van der Waals surface area contributed by atoms with Crippen molar-refractivity contribution in [2.24, 2.45) is 0 Å². The van der Waals surface area contributed by atoms with Crippen molar-refractivity contribution in [2.75, 3.05) is 39.4 Å². The van der Waals surface area contributed by atoms with Crippen LogP contribution in [0.4, 0.5) is 0 Å². The summed E-state index contributed by atoms with van der Waals surface area (Å²) in [6.45, 7) is 9.77. The summed E-state index contributed by atoms with van der Waals surface area (Å²) >= 11 is 0. The molecule has 1 aromatic heterocycles. The van der Waals surface area contributed by atoms with Crippen LogP contribution in [0.3, 0.4) is 0 Å². The van der Waals surface area contributed by atoms with Gasteiger partial charge in [0.1, 0.15) is 5.69 Å². The predicted molar refractivity (Wildman–Crippen MR) is 77.6 cm³/mol. The number of carbonyl (C=O) groups is 1. The maximum Gasteiger partial charge on any atom is 0.272 e. The van der Waals surface area contributed by atoms with Crippen LogP contribution in [0.2, 0.25) is 0 Å². The van der Waals surface area contributed by atoms with Crippen LogP contribution < -0.4 is 0 Å². The topological polar surface area (TPSA) is 45.7 Å². The monoisotopic (exact) mass is 277 g/mol. The Kier molecular flexibility index (Phi) is 5.49. The van der Waals surface area contributed by atoms with Crippen molar-refractivity contribution in [3.8, 4) is 0 Å². The molecule has 0 aliphatic carbocycles. The van der Waals surface area contributed by atoms with Crippen molar-refractivity contribution in [2.45, 2.75) is 20.4 Å². The standard InChI is InChI=1S/C15H23N3O2/c1-3-18(4-2)15(19)14-6-5-13(11-16-14)12-17-7-9-20-10-8-17/h5-6,11H,3-4,7-10,12H2,1-2H3. The Hall–Kier alpha value is -1.46. The van der Waals surface area contributed by atoms with Crippen molar-refractivity contribution in [1.82, 2.24) is 14.8 Å². The van der Waals surface area contributed by atoms with Crippen LogP contribution in [0.15, 0.2) is 18.3 Å². The van der Waals surface area contributed by atoms with Gasteiger partial charge in [-0.1, -0.05) is 6.07 Å². The highest BCUT2D eigenvalue weighted by molar-refractivity contribution is 5.92. The van der Waals surface area contributed by atoms with E-state index in [1.165, 1.54) is 0 Å². The van der Waals surface area contributed by atoms with E-state index in [9.17, 15) is 4.79 Å². The summed E-state index contributed by atoms with van der Waals surface area (Å²) in [4.78, 5) is 20.6. The Morgan fingerprint density at radius 3 is 2.55 bits per heavy atom. The van der Waals surface area contributed by atoms with Crippen LogP contribution >= 0.6 is 0 Å². The summed E-state index contributed by atoms with van der Waals surface area (Å²) in [6, 6.07) is 3.83. The van der Waals surface area contributed by atoms with Gasteiger partial charge in [0.15, 0.2) is 0 Å². The van der Waals surface area contributed by atoms with Gasteiger partial charge in [-0.25, -0.2) is 0 Å². The van der Waals surface area contributed by atoms with E-state index in [1.54, 1.807) is 4.90 Å². The van der Waals surface area contributed by atoms with E-state index in [-0.39, 0.29) is 5.91 Å². The zero-order chi connectivity index (χ0) is 14.4. The van der Waals surface area contributed by atoms with Gasteiger partial charge in [0.25, 0.3) is 5.91 Å². The molecule has 1 saturated heterocycles. The Morgan fingerprint density at radius 2 is 2.00 bits per heavy atom. The number of amides is 1. The molecule has 1 amide bonds. The fourth-order valence-electron chi connectivity index (χ4n) is 2.33. The van der Waals surface area contributed by atoms with Crippen LogP contribution in [0.5, 0.6) is 0 Å². The summed E-state index contributed by atoms with van der Waals surface area (Å²) in [5.74, 6) is 0.00734. The van der Waals surface area contributed by atoms with Crippen molar-refractivity contribution in [1.29, 1.82) is 0 Å². The first-order chi connectivity index (χ1) is 9.74. The molecule has 1 fully saturated rings. The van der Waals surface area contributed by atoms with E-state index in [4.69, 9.17) is 4.74 Å². The van der Waals surface area contributed by atoms with Crippen molar-refractivity contribution in [3.63, 3.8) is 0 Å². The molecule has 0 spiro atoms. The third-order valence-electron chi connectivity index (χ3n) is 3.60. The Morgan fingerprint density at radius 1 is 1.30 bits per heavy atom. The van der Waals surface area contributed by atoms with E-state index in [1.807, 2.05) is 32.2 Å². The second kappa shape index (κ2) is 7.36. The molecule has 0 bridgehead atoms. The molecule has 1 aliphatic heterocycles. The Labute approximate surface area is 120 Å². The van der Waals surface area contributed by atoms with Gasteiger partial charge in [-0.15, -0.1) is 0 Å². The van der Waals surface area contributed by atoms with Gasteiger partial charge in [-0.2, -0.15) is 0 Å². The second-order valence-corrected chi connectivity index (χ2v) is 4.92. The van der Waals surface area contributed by atoms with Gasteiger partial charge in [-0.05, 0) is 25.5 Å². The predicted octanol–water partition coefficient (Wildman–Crippen LogP) is 1.40. The summed E-state index contributed by atoms with van der Waals surface area (Å²) < 4.78 is 5.33. The largest absolute Gasteiger partial charge is 0.379 e. The van der Waals surface area contributed by atoms with E-state index in [2.05, 4.69) is 9.88 Å². The number of pyridine rings is 1. The highest BCUT2D eigenvalue weighted by Crippen LogP contribution is 2.08. The molecular weight excluding hydrogens is 254 g/mol. The number of hydrogen-bond acceptors (Lipinski definition) is 4. The van der Waals surface area contributed by atoms with Crippen LogP contribution in [0.25, 0.3) is 0 Å². The maximum absolute atomic E-state index is 12.1. The molecular formula is C15H23N3O2. The van der Waals surface area contributed by atoms with Crippen molar-refractivity contribution < 1.29 is 9.53 Å². The second-order valence-electron chi connectivity index (χ2n) is 4.92. The number of hydrogen-bond donors (Lipinski definition) is 0. The zero-order valence-electron chi connectivity index (χ0n) is 12.3. The summed E-state index contributed by atoms with van der Waals surface area (Å²) in [5.41, 5.74) is 1.67. The number of rotatable bonds is 5. The van der Waals surface area contributed by atoms with Gasteiger partial charge in [0.05, 0.1) is 13.2 Å². The molecule has 1 aromatic rings. The lowest BCUT2D eigenvalue weighted by molar-refractivity contribution is 0.0341. The van der Waals surface area contributed by atoms with Crippen LogP contribution in [-0.2, 0) is 11.3 Å². The molecule has 0 radical (unpaired) electrons. The van der Waals surface area contributed by atoms with Crippen LogP contribution in [-0.4, -0.2) is 60.1 Å². The fourth-order valence-corrected chi connectivity index (χ4v) is 2.33. The summed E-state index contributed by atoms with van der Waals surface area (Å²) in [6.07, 6.45) is 1.81. The minimum Gasteiger partial charge on any atom is -0.379 e. The molecule has 1 aliphatic rings. The maximum atomic E-state index is 12.1. The first-order valence-corrected chi connectivity index (χ1v) is 7.29. The number of carbonyl (C=O) groups excluding carboxylic acids is 1. The SMILES string of the molecule is CCN(CC)C(=O)c1ccc(CN2CCOCC2)cn1. The number of aromatic nitrogens is 1. The van der Waals surface area contributed by atoms with Gasteiger partial charge < -0.3 is 9.64 Å². The van der Waals surface area contributed by atoms with Crippen molar-refractivity contribution >= 4 is 5.91 Å². The van der Waals surface area contributed by atoms with E-state index in [0.717, 1.165) is 38.4 Å². The third-order valence-corrected chi connectivity index (χ3v) is 3.60. The smallest absolute Gasteiger partial charge is 0.272 e. The Balaban J connectivity index is 1.96. The molecule has 0 saturated carbocycles. The number of ether oxygens (including phenoxy) is 1. The number of nitrogens with zero attached hydrogens (tertiary/aromatic N) is 3. The lowest BCUT2D eigenvalue weighted by Crippen LogP contribution is -2.35. The molecule has 2 rings (SSSR count). The van der Waals surface area contributed by atoms with Crippen LogP contribution in [0.1, 0.15) is 29.9 Å². The third kappa shape index (κ3) is 3.77. The molecule has 110 valence electrons. The van der Waals surface area contributed by atoms with Crippen molar-refractivity contribution in [3.05, 3.63) is 29.6 Å². The lowest BCUT2D eigenvalue weighted by Gasteiger charge is -2.26. The van der Waals surface area contributed by atoms with E-state index >= 15 is 0 Å². The normalized spacial score (nSPS) is 16.1. The molecule has 5 nitrogen and oxygen atoms in total. The molecule has 0 atom stereocenters. The lowest BCUT2D eigenvalue weighted by atomic mass is 10.2. The fraction of sp³-hybridized carbons (Fsp3) is 0.600. The first kappa shape index (κ1) is 14.9. The molecule has 5 heteroatoms. The van der Waals surface area contributed by atoms with E-state index < -0.39 is 0 Å². The first-order valence-electron chi connectivity index (χ1n) is 7.29. The molecule has 20 heavy (non-hydrogen) atoms. The van der Waals surface area contributed by atoms with Crippen LogP contribution in [0, 0.1) is 0 Å². The quantitative estimate of drug-likeness (QED) is 0.816.